The standard InChI is InChI=1S/C21H18F5N3OS/c1-20(2,3)29-19-12(10-27-29)11-28(18-9-17(23)16(22)8-15(18)19)31(30)14-6-4-13(5-7-14)21(24,25)26/h4-10H,11H2,1-3H3. The fourth-order valence-corrected chi connectivity index (χ4v) is 4.71. The molecule has 1 unspecified atom stereocenters. The van der Waals surface area contributed by atoms with E-state index >= 15 is 0 Å². The minimum atomic E-state index is -4.52. The van der Waals surface area contributed by atoms with Crippen molar-refractivity contribution in [1.82, 2.24) is 9.78 Å². The number of hydrogen-bond acceptors (Lipinski definition) is 2. The lowest BCUT2D eigenvalue weighted by Gasteiger charge is -2.32. The van der Waals surface area contributed by atoms with Gasteiger partial charge in [-0.25, -0.2) is 13.0 Å². The van der Waals surface area contributed by atoms with Gasteiger partial charge in [0.15, 0.2) is 22.6 Å². The third kappa shape index (κ3) is 3.73. The fourth-order valence-electron chi connectivity index (χ4n) is 3.50. The second-order valence-electron chi connectivity index (χ2n) is 8.19. The number of halogens is 5. The average molecular weight is 455 g/mol. The number of nitrogens with zero attached hydrogens (tertiary/aromatic N) is 3. The smallest absolute Gasteiger partial charge is 0.282 e. The molecule has 10 heteroatoms. The van der Waals surface area contributed by atoms with Gasteiger partial charge in [0.05, 0.1) is 40.1 Å². The minimum Gasteiger partial charge on any atom is -0.282 e. The van der Waals surface area contributed by atoms with Crippen LogP contribution in [0.5, 0.6) is 0 Å². The molecule has 31 heavy (non-hydrogen) atoms. The third-order valence-electron chi connectivity index (χ3n) is 4.94. The second-order valence-corrected chi connectivity index (χ2v) is 9.60. The van der Waals surface area contributed by atoms with Gasteiger partial charge in [-0.05, 0) is 51.1 Å². The van der Waals surface area contributed by atoms with Crippen LogP contribution in [0.3, 0.4) is 0 Å². The van der Waals surface area contributed by atoms with E-state index in [1.807, 2.05) is 20.8 Å². The van der Waals surface area contributed by atoms with Crippen LogP contribution in [0.15, 0.2) is 47.5 Å². The largest absolute Gasteiger partial charge is 0.416 e. The SMILES string of the molecule is CC(C)(C)n1ncc2c1-c1cc(F)c(F)cc1N(S(=O)c1ccc(C(F)(F)F)cc1)C2. The molecule has 0 aliphatic carbocycles. The maximum absolute atomic E-state index is 14.1. The van der Waals surface area contributed by atoms with Crippen LogP contribution in [0.4, 0.5) is 27.6 Å². The topological polar surface area (TPSA) is 38.1 Å². The quantitative estimate of drug-likeness (QED) is 0.469. The van der Waals surface area contributed by atoms with Gasteiger partial charge >= 0.3 is 6.18 Å². The van der Waals surface area contributed by atoms with Crippen LogP contribution in [-0.4, -0.2) is 14.0 Å². The van der Waals surface area contributed by atoms with Crippen LogP contribution < -0.4 is 4.31 Å². The molecule has 2 heterocycles. The second kappa shape index (κ2) is 7.15. The normalized spacial score (nSPS) is 14.9. The molecule has 1 aliphatic heterocycles. The zero-order chi connectivity index (χ0) is 22.7. The Morgan fingerprint density at radius 1 is 1.00 bits per heavy atom. The molecule has 0 radical (unpaired) electrons. The Bertz CT molecular complexity index is 1180. The zero-order valence-electron chi connectivity index (χ0n) is 16.8. The van der Waals surface area contributed by atoms with Gasteiger partial charge in [0.25, 0.3) is 0 Å². The fraction of sp³-hybridized carbons (Fsp3) is 0.286. The summed E-state index contributed by atoms with van der Waals surface area (Å²) >= 11 is 0. The van der Waals surface area contributed by atoms with Gasteiger partial charge in [0, 0.05) is 17.2 Å². The minimum absolute atomic E-state index is 0.0666. The Hall–Kier alpha value is -2.75. The first-order valence-electron chi connectivity index (χ1n) is 9.31. The first-order valence-corrected chi connectivity index (χ1v) is 10.4. The number of anilines is 1. The van der Waals surface area contributed by atoms with Gasteiger partial charge in [0.2, 0.25) is 0 Å². The number of aromatic nitrogens is 2. The van der Waals surface area contributed by atoms with Gasteiger partial charge in [-0.15, -0.1) is 0 Å². The Labute approximate surface area is 177 Å². The van der Waals surface area contributed by atoms with E-state index in [9.17, 15) is 26.2 Å². The summed E-state index contributed by atoms with van der Waals surface area (Å²) in [5.41, 5.74) is 0.401. The molecule has 0 N–H and O–H groups in total. The van der Waals surface area contributed by atoms with Crippen molar-refractivity contribution in [2.75, 3.05) is 4.31 Å². The van der Waals surface area contributed by atoms with Crippen LogP contribution in [0.25, 0.3) is 11.3 Å². The summed E-state index contributed by atoms with van der Waals surface area (Å²) in [4.78, 5) is 0.107. The van der Waals surface area contributed by atoms with Gasteiger partial charge in [0.1, 0.15) is 0 Å². The van der Waals surface area contributed by atoms with Crippen molar-refractivity contribution in [3.05, 3.63) is 65.4 Å². The van der Waals surface area contributed by atoms with Crippen LogP contribution in [0.2, 0.25) is 0 Å². The first-order chi connectivity index (χ1) is 14.4. The molecule has 1 aliphatic rings. The zero-order valence-corrected chi connectivity index (χ0v) is 17.6. The Morgan fingerprint density at radius 3 is 2.19 bits per heavy atom. The van der Waals surface area contributed by atoms with E-state index in [0.717, 1.165) is 36.4 Å². The number of hydrogen-bond donors (Lipinski definition) is 0. The van der Waals surface area contributed by atoms with Crippen molar-refractivity contribution >= 4 is 16.7 Å². The van der Waals surface area contributed by atoms with E-state index in [-0.39, 0.29) is 17.1 Å². The maximum atomic E-state index is 14.1. The van der Waals surface area contributed by atoms with E-state index < -0.39 is 39.9 Å². The molecular weight excluding hydrogens is 437 g/mol. The molecule has 0 saturated carbocycles. The Kier molecular flexibility index (Phi) is 4.95. The predicted molar refractivity (Wildman–Crippen MR) is 107 cm³/mol. The number of alkyl halides is 3. The van der Waals surface area contributed by atoms with E-state index in [0.29, 0.717) is 16.8 Å². The number of fused-ring (bicyclic) bond motifs is 3. The van der Waals surface area contributed by atoms with Gasteiger partial charge in [-0.2, -0.15) is 18.3 Å². The first kappa shape index (κ1) is 21.5. The van der Waals surface area contributed by atoms with Crippen LogP contribution in [0.1, 0.15) is 31.9 Å². The molecule has 4 nitrogen and oxygen atoms in total. The highest BCUT2D eigenvalue weighted by Gasteiger charge is 2.34. The molecule has 4 rings (SSSR count). The summed E-state index contributed by atoms with van der Waals surface area (Å²) in [6.45, 7) is 5.79. The summed E-state index contributed by atoms with van der Waals surface area (Å²) in [6, 6.07) is 5.90. The van der Waals surface area contributed by atoms with Crippen molar-refractivity contribution in [3.8, 4) is 11.3 Å². The molecule has 0 fully saturated rings. The summed E-state index contributed by atoms with van der Waals surface area (Å²) < 4.78 is 83.1. The molecule has 3 aromatic rings. The molecule has 0 saturated heterocycles. The molecule has 164 valence electrons. The monoisotopic (exact) mass is 455 g/mol. The Balaban J connectivity index is 1.82. The highest BCUT2D eigenvalue weighted by atomic mass is 32.2. The molecule has 1 aromatic heterocycles. The average Bonchev–Trinajstić information content (AvgIpc) is 3.12. The third-order valence-corrected chi connectivity index (χ3v) is 6.34. The molecule has 0 spiro atoms. The van der Waals surface area contributed by atoms with Gasteiger partial charge in [-0.3, -0.25) is 8.99 Å². The lowest BCUT2D eigenvalue weighted by Crippen LogP contribution is -2.31. The van der Waals surface area contributed by atoms with Crippen LogP contribution >= 0.6 is 0 Å². The molecular formula is C21H18F5N3OS. The van der Waals surface area contributed by atoms with E-state index in [1.165, 1.54) is 4.31 Å². The van der Waals surface area contributed by atoms with Crippen molar-refractivity contribution in [3.63, 3.8) is 0 Å². The van der Waals surface area contributed by atoms with E-state index in [4.69, 9.17) is 0 Å². The lowest BCUT2D eigenvalue weighted by molar-refractivity contribution is -0.137. The van der Waals surface area contributed by atoms with Crippen molar-refractivity contribution in [2.45, 2.75) is 43.9 Å². The number of rotatable bonds is 2. The van der Waals surface area contributed by atoms with Gasteiger partial charge < -0.3 is 0 Å². The van der Waals surface area contributed by atoms with Gasteiger partial charge in [-0.1, -0.05) is 0 Å². The maximum Gasteiger partial charge on any atom is 0.416 e. The van der Waals surface area contributed by atoms with Crippen molar-refractivity contribution in [1.29, 1.82) is 0 Å². The molecule has 1 atom stereocenters. The van der Waals surface area contributed by atoms with Crippen molar-refractivity contribution < 1.29 is 26.2 Å². The highest BCUT2D eigenvalue weighted by Crippen LogP contribution is 2.43. The van der Waals surface area contributed by atoms with E-state index in [1.54, 1.807) is 10.9 Å². The summed E-state index contributed by atoms with van der Waals surface area (Å²) in [5.74, 6) is -2.17. The molecule has 2 aromatic carbocycles. The molecule has 0 bridgehead atoms. The predicted octanol–water partition coefficient (Wildman–Crippen LogP) is 5.64. The molecule has 0 amide bonds. The highest BCUT2D eigenvalue weighted by molar-refractivity contribution is 7.86. The number of benzene rings is 2. The van der Waals surface area contributed by atoms with E-state index in [2.05, 4.69) is 5.10 Å². The Morgan fingerprint density at radius 2 is 1.61 bits per heavy atom. The summed E-state index contributed by atoms with van der Waals surface area (Å²) in [6.07, 6.45) is -2.95. The van der Waals surface area contributed by atoms with Crippen LogP contribution in [0, 0.1) is 11.6 Å². The summed E-state index contributed by atoms with van der Waals surface area (Å²) in [7, 11) is -1.96. The summed E-state index contributed by atoms with van der Waals surface area (Å²) in [5, 5.41) is 4.38. The van der Waals surface area contributed by atoms with Crippen LogP contribution in [-0.2, 0) is 29.2 Å². The van der Waals surface area contributed by atoms with Crippen molar-refractivity contribution in [2.24, 2.45) is 0 Å². The lowest BCUT2D eigenvalue weighted by atomic mass is 9.99.